The molecule has 0 fully saturated rings. The van der Waals surface area contributed by atoms with Gasteiger partial charge in [0, 0.05) is 11.1 Å². The van der Waals surface area contributed by atoms with Gasteiger partial charge < -0.3 is 0 Å². The van der Waals surface area contributed by atoms with E-state index >= 15 is 0 Å². The molecule has 0 aliphatic heterocycles. The standard InChI is InChI=1S/C17H15N3OS/c1-12-11-22-17(19-12)9-16(21)20-18-10-13-6-7-14-4-2-3-5-15(14)8-13/h2-8,10-11H,9H2,1H3,(H,20,21)/b18-10-. The highest BCUT2D eigenvalue weighted by Gasteiger charge is 2.05. The van der Waals surface area contributed by atoms with Crippen LogP contribution >= 0.6 is 11.3 Å². The topological polar surface area (TPSA) is 54.4 Å². The third-order valence-electron chi connectivity index (χ3n) is 3.15. The van der Waals surface area contributed by atoms with E-state index in [1.807, 2.05) is 42.6 Å². The zero-order chi connectivity index (χ0) is 15.4. The molecule has 0 saturated carbocycles. The number of nitrogens with one attached hydrogen (secondary N) is 1. The first-order valence-corrected chi connectivity index (χ1v) is 7.80. The molecule has 3 aromatic rings. The molecule has 0 unspecified atom stereocenters. The van der Waals surface area contributed by atoms with Crippen molar-refractivity contribution < 1.29 is 4.79 Å². The van der Waals surface area contributed by atoms with Crippen molar-refractivity contribution in [2.75, 3.05) is 0 Å². The van der Waals surface area contributed by atoms with Gasteiger partial charge in [0.15, 0.2) is 0 Å². The summed E-state index contributed by atoms with van der Waals surface area (Å²) in [5.74, 6) is -0.161. The quantitative estimate of drug-likeness (QED) is 0.594. The van der Waals surface area contributed by atoms with E-state index in [1.165, 1.54) is 16.7 Å². The number of aryl methyl sites for hydroxylation is 1. The van der Waals surface area contributed by atoms with Gasteiger partial charge in [0.2, 0.25) is 5.91 Å². The van der Waals surface area contributed by atoms with Crippen LogP contribution in [0.5, 0.6) is 0 Å². The number of aromatic nitrogens is 1. The predicted molar refractivity (Wildman–Crippen MR) is 90.2 cm³/mol. The fraction of sp³-hybridized carbons (Fsp3) is 0.118. The highest BCUT2D eigenvalue weighted by molar-refractivity contribution is 7.09. The lowest BCUT2D eigenvalue weighted by Crippen LogP contribution is -2.19. The van der Waals surface area contributed by atoms with Crippen LogP contribution < -0.4 is 5.43 Å². The molecular formula is C17H15N3OS. The summed E-state index contributed by atoms with van der Waals surface area (Å²) in [6.45, 7) is 1.91. The van der Waals surface area contributed by atoms with Crippen molar-refractivity contribution in [2.24, 2.45) is 5.10 Å². The molecule has 2 aromatic carbocycles. The number of rotatable bonds is 4. The first-order chi connectivity index (χ1) is 10.7. The summed E-state index contributed by atoms with van der Waals surface area (Å²) in [7, 11) is 0. The molecule has 3 rings (SSSR count). The number of hydrogen-bond donors (Lipinski definition) is 1. The molecule has 0 saturated heterocycles. The van der Waals surface area contributed by atoms with Crippen LogP contribution in [-0.4, -0.2) is 17.1 Å². The Hall–Kier alpha value is -2.53. The second-order valence-corrected chi connectivity index (χ2v) is 5.90. The van der Waals surface area contributed by atoms with Crippen LogP contribution in [0.25, 0.3) is 10.8 Å². The lowest BCUT2D eigenvalue weighted by molar-refractivity contribution is -0.120. The fourth-order valence-electron chi connectivity index (χ4n) is 2.13. The number of carbonyl (C=O) groups excluding carboxylic acids is 1. The number of amides is 1. The summed E-state index contributed by atoms with van der Waals surface area (Å²) < 4.78 is 0. The molecule has 0 aliphatic rings. The van der Waals surface area contributed by atoms with Crippen LogP contribution in [0.1, 0.15) is 16.3 Å². The molecule has 0 radical (unpaired) electrons. The van der Waals surface area contributed by atoms with Crippen LogP contribution in [0.3, 0.4) is 0 Å². The van der Waals surface area contributed by atoms with E-state index in [4.69, 9.17) is 0 Å². The zero-order valence-corrected chi connectivity index (χ0v) is 12.9. The maximum Gasteiger partial charge on any atom is 0.246 e. The maximum atomic E-state index is 11.8. The summed E-state index contributed by atoms with van der Waals surface area (Å²) in [6.07, 6.45) is 1.91. The Morgan fingerprint density at radius 3 is 2.86 bits per heavy atom. The largest absolute Gasteiger partial charge is 0.273 e. The van der Waals surface area contributed by atoms with Gasteiger partial charge in [0.1, 0.15) is 5.01 Å². The smallest absolute Gasteiger partial charge is 0.246 e. The van der Waals surface area contributed by atoms with E-state index in [2.05, 4.69) is 27.6 Å². The van der Waals surface area contributed by atoms with Gasteiger partial charge in [-0.05, 0) is 29.3 Å². The summed E-state index contributed by atoms with van der Waals surface area (Å²) >= 11 is 1.49. The number of hydrogen-bond acceptors (Lipinski definition) is 4. The highest BCUT2D eigenvalue weighted by atomic mass is 32.1. The average Bonchev–Trinajstić information content (AvgIpc) is 2.92. The Balaban J connectivity index is 1.61. The molecule has 0 atom stereocenters. The summed E-state index contributed by atoms with van der Waals surface area (Å²) in [5.41, 5.74) is 4.42. The molecule has 0 spiro atoms. The van der Waals surface area contributed by atoms with Crippen molar-refractivity contribution in [3.8, 4) is 0 Å². The number of hydrazone groups is 1. The van der Waals surface area contributed by atoms with E-state index in [9.17, 15) is 4.79 Å². The molecule has 5 heteroatoms. The molecule has 1 aromatic heterocycles. The van der Waals surface area contributed by atoms with E-state index in [0.29, 0.717) is 0 Å². The minimum absolute atomic E-state index is 0.161. The Labute approximate surface area is 132 Å². The Kier molecular flexibility index (Phi) is 4.25. The summed E-state index contributed by atoms with van der Waals surface area (Å²) in [5, 5.41) is 9.07. The van der Waals surface area contributed by atoms with Crippen molar-refractivity contribution in [1.29, 1.82) is 0 Å². The Morgan fingerprint density at radius 2 is 2.09 bits per heavy atom. The van der Waals surface area contributed by atoms with Gasteiger partial charge in [0.25, 0.3) is 0 Å². The molecule has 1 N–H and O–H groups in total. The van der Waals surface area contributed by atoms with Gasteiger partial charge in [-0.2, -0.15) is 5.10 Å². The van der Waals surface area contributed by atoms with Crippen molar-refractivity contribution >= 4 is 34.2 Å². The first-order valence-electron chi connectivity index (χ1n) is 6.92. The van der Waals surface area contributed by atoms with E-state index in [1.54, 1.807) is 6.21 Å². The Morgan fingerprint density at radius 1 is 1.27 bits per heavy atom. The van der Waals surface area contributed by atoms with Crippen molar-refractivity contribution in [3.63, 3.8) is 0 Å². The molecule has 1 amide bonds. The van der Waals surface area contributed by atoms with Crippen LogP contribution in [-0.2, 0) is 11.2 Å². The van der Waals surface area contributed by atoms with Gasteiger partial charge in [-0.3, -0.25) is 4.79 Å². The Bertz CT molecular complexity index is 839. The van der Waals surface area contributed by atoms with Crippen LogP contribution in [0.4, 0.5) is 0 Å². The fourth-order valence-corrected chi connectivity index (χ4v) is 2.90. The van der Waals surface area contributed by atoms with Gasteiger partial charge in [-0.1, -0.05) is 36.4 Å². The maximum absolute atomic E-state index is 11.8. The molecule has 1 heterocycles. The molecule has 4 nitrogen and oxygen atoms in total. The normalized spacial score (nSPS) is 11.1. The third-order valence-corrected chi connectivity index (χ3v) is 4.12. The summed E-state index contributed by atoms with van der Waals surface area (Å²) in [4.78, 5) is 16.0. The van der Waals surface area contributed by atoms with E-state index in [-0.39, 0.29) is 12.3 Å². The van der Waals surface area contributed by atoms with Crippen molar-refractivity contribution in [3.05, 3.63) is 64.1 Å². The van der Waals surface area contributed by atoms with Gasteiger partial charge in [0.05, 0.1) is 12.6 Å². The van der Waals surface area contributed by atoms with Crippen LogP contribution in [0.2, 0.25) is 0 Å². The van der Waals surface area contributed by atoms with Gasteiger partial charge in [-0.25, -0.2) is 10.4 Å². The monoisotopic (exact) mass is 309 g/mol. The number of carbonyl (C=O) groups is 1. The van der Waals surface area contributed by atoms with Crippen LogP contribution in [0, 0.1) is 6.92 Å². The summed E-state index contributed by atoms with van der Waals surface area (Å²) in [6, 6.07) is 14.2. The molecule has 110 valence electrons. The second-order valence-electron chi connectivity index (χ2n) is 4.96. The molecule has 22 heavy (non-hydrogen) atoms. The van der Waals surface area contributed by atoms with Crippen LogP contribution in [0.15, 0.2) is 52.9 Å². The number of thiazole rings is 1. The first kappa shape index (κ1) is 14.4. The lowest BCUT2D eigenvalue weighted by atomic mass is 10.1. The zero-order valence-electron chi connectivity index (χ0n) is 12.1. The van der Waals surface area contributed by atoms with Crippen molar-refractivity contribution in [2.45, 2.75) is 13.3 Å². The number of fused-ring (bicyclic) bond motifs is 1. The minimum Gasteiger partial charge on any atom is -0.273 e. The number of nitrogens with zero attached hydrogens (tertiary/aromatic N) is 2. The molecule has 0 bridgehead atoms. The van der Waals surface area contributed by atoms with Gasteiger partial charge >= 0.3 is 0 Å². The van der Waals surface area contributed by atoms with E-state index in [0.717, 1.165) is 21.7 Å². The molecular weight excluding hydrogens is 294 g/mol. The lowest BCUT2D eigenvalue weighted by Gasteiger charge is -1.99. The second kappa shape index (κ2) is 6.49. The van der Waals surface area contributed by atoms with Gasteiger partial charge in [-0.15, -0.1) is 11.3 Å². The predicted octanol–water partition coefficient (Wildman–Crippen LogP) is 3.30. The number of benzene rings is 2. The van der Waals surface area contributed by atoms with E-state index < -0.39 is 0 Å². The highest BCUT2D eigenvalue weighted by Crippen LogP contribution is 2.14. The van der Waals surface area contributed by atoms with Crippen molar-refractivity contribution in [1.82, 2.24) is 10.4 Å². The SMILES string of the molecule is Cc1csc(CC(=O)N/N=C\c2ccc3ccccc3c2)n1. The third kappa shape index (κ3) is 3.56. The molecule has 0 aliphatic carbocycles. The average molecular weight is 309 g/mol. The minimum atomic E-state index is -0.161.